The van der Waals surface area contributed by atoms with Crippen LogP contribution in [-0.4, -0.2) is 56.6 Å². The minimum atomic E-state index is -1.18. The molecule has 0 saturated heterocycles. The maximum Gasteiger partial charge on any atom is 0.0916 e. The average Bonchev–Trinajstić information content (AvgIpc) is 2.75. The molecular formula is C30H50O5. The molecule has 0 aliphatic heterocycles. The monoisotopic (exact) mass is 490 g/mol. The highest BCUT2D eigenvalue weighted by Crippen LogP contribution is 2.75. The van der Waals surface area contributed by atoms with Crippen LogP contribution in [0.25, 0.3) is 0 Å². The van der Waals surface area contributed by atoms with Gasteiger partial charge in [0.2, 0.25) is 0 Å². The van der Waals surface area contributed by atoms with E-state index in [2.05, 4.69) is 54.5 Å². The summed E-state index contributed by atoms with van der Waals surface area (Å²) in [6, 6.07) is 0. The smallest absolute Gasteiger partial charge is 0.0916 e. The van der Waals surface area contributed by atoms with Crippen LogP contribution < -0.4 is 0 Å². The summed E-state index contributed by atoms with van der Waals surface area (Å²) in [6.45, 7) is 15.4. The highest BCUT2D eigenvalue weighted by atomic mass is 16.3. The fraction of sp³-hybridized carbons (Fsp3) is 0.933. The molecule has 5 heteroatoms. The Hall–Kier alpha value is -0.460. The molecule has 0 spiro atoms. The molecule has 5 aliphatic carbocycles. The lowest BCUT2D eigenvalue weighted by molar-refractivity contribution is -0.272. The van der Waals surface area contributed by atoms with Crippen LogP contribution in [0.4, 0.5) is 0 Å². The molecule has 11 atom stereocenters. The van der Waals surface area contributed by atoms with Gasteiger partial charge in [-0.05, 0) is 84.4 Å². The van der Waals surface area contributed by atoms with E-state index in [1.165, 1.54) is 0 Å². The van der Waals surface area contributed by atoms with E-state index in [0.29, 0.717) is 18.3 Å². The minimum absolute atomic E-state index is 0.0440. The summed E-state index contributed by atoms with van der Waals surface area (Å²) in [4.78, 5) is 0. The summed E-state index contributed by atoms with van der Waals surface area (Å²) in [5, 5.41) is 56.7. The van der Waals surface area contributed by atoms with Crippen molar-refractivity contribution in [3.63, 3.8) is 0 Å². The van der Waals surface area contributed by atoms with Crippen LogP contribution in [0, 0.1) is 50.2 Å². The zero-order valence-electron chi connectivity index (χ0n) is 23.0. The van der Waals surface area contributed by atoms with Crippen molar-refractivity contribution in [1.29, 1.82) is 0 Å². The van der Waals surface area contributed by atoms with Crippen LogP contribution in [0.3, 0.4) is 0 Å². The highest BCUT2D eigenvalue weighted by molar-refractivity contribution is 5.38. The lowest BCUT2D eigenvalue weighted by Crippen LogP contribution is -2.74. The van der Waals surface area contributed by atoms with Crippen LogP contribution in [-0.2, 0) is 0 Å². The summed E-state index contributed by atoms with van der Waals surface area (Å²) in [7, 11) is 0. The molecule has 0 amide bonds. The predicted molar refractivity (Wildman–Crippen MR) is 136 cm³/mol. The van der Waals surface area contributed by atoms with Gasteiger partial charge >= 0.3 is 0 Å². The van der Waals surface area contributed by atoms with Crippen molar-refractivity contribution < 1.29 is 25.5 Å². The Bertz CT molecular complexity index is 910. The molecule has 5 nitrogen and oxygen atoms in total. The molecule has 4 fully saturated rings. The van der Waals surface area contributed by atoms with Crippen molar-refractivity contribution in [3.8, 4) is 0 Å². The maximum absolute atomic E-state index is 12.0. The van der Waals surface area contributed by atoms with Gasteiger partial charge in [-0.15, -0.1) is 0 Å². The van der Waals surface area contributed by atoms with E-state index in [9.17, 15) is 25.5 Å². The summed E-state index contributed by atoms with van der Waals surface area (Å²) in [6.07, 6.45) is 4.90. The molecule has 0 heterocycles. The molecule has 5 aliphatic rings. The quantitative estimate of drug-likeness (QED) is 0.357. The average molecular weight is 491 g/mol. The molecule has 0 aromatic rings. The van der Waals surface area contributed by atoms with Gasteiger partial charge in [-0.25, -0.2) is 0 Å². The van der Waals surface area contributed by atoms with Crippen molar-refractivity contribution in [3.05, 3.63) is 11.6 Å². The number of hydrogen-bond donors (Lipinski definition) is 5. The summed E-state index contributed by atoms with van der Waals surface area (Å²) in [5.41, 5.74) is -1.05. The van der Waals surface area contributed by atoms with Crippen molar-refractivity contribution in [2.45, 2.75) is 118 Å². The fourth-order valence-electron chi connectivity index (χ4n) is 11.0. The minimum Gasteiger partial charge on any atom is -0.396 e. The molecule has 200 valence electrons. The fourth-order valence-corrected chi connectivity index (χ4v) is 11.0. The SMILES string of the molecule is CC1(C)CC(O)[C@]2(CO)C(O)C(O)C3(C)C(=CCC4[C@@]5(C)CC[C@H](O)C(C)(C)C5CC[C@]43C)[C@@H]2C1. The first-order chi connectivity index (χ1) is 16.0. The molecule has 6 unspecified atom stereocenters. The molecule has 4 saturated carbocycles. The summed E-state index contributed by atoms with van der Waals surface area (Å²) in [5.74, 6) is 0.579. The molecule has 35 heavy (non-hydrogen) atoms. The van der Waals surface area contributed by atoms with Gasteiger partial charge < -0.3 is 25.5 Å². The van der Waals surface area contributed by atoms with Crippen LogP contribution in [0.2, 0.25) is 0 Å². The molecule has 5 rings (SSSR count). The Morgan fingerprint density at radius 1 is 0.800 bits per heavy atom. The van der Waals surface area contributed by atoms with Crippen LogP contribution in [0.15, 0.2) is 11.6 Å². The van der Waals surface area contributed by atoms with Gasteiger partial charge in [-0.2, -0.15) is 0 Å². The molecule has 0 aromatic heterocycles. The normalized spacial score (nSPS) is 56.7. The Kier molecular flexibility index (Phi) is 5.65. The van der Waals surface area contributed by atoms with E-state index >= 15 is 0 Å². The number of allylic oxidation sites excluding steroid dienone is 1. The molecule has 5 N–H and O–H groups in total. The third kappa shape index (κ3) is 2.94. The van der Waals surface area contributed by atoms with Crippen molar-refractivity contribution >= 4 is 0 Å². The van der Waals surface area contributed by atoms with E-state index in [1.54, 1.807) is 0 Å². The van der Waals surface area contributed by atoms with Crippen LogP contribution in [0.1, 0.15) is 93.4 Å². The molecule has 0 bridgehead atoms. The van der Waals surface area contributed by atoms with Gasteiger partial charge in [0.1, 0.15) is 0 Å². The van der Waals surface area contributed by atoms with E-state index in [-0.39, 0.29) is 40.3 Å². The van der Waals surface area contributed by atoms with Crippen LogP contribution in [0.5, 0.6) is 0 Å². The first kappa shape index (κ1) is 26.2. The van der Waals surface area contributed by atoms with Gasteiger partial charge in [0.15, 0.2) is 0 Å². The summed E-state index contributed by atoms with van der Waals surface area (Å²) >= 11 is 0. The third-order valence-electron chi connectivity index (χ3n) is 13.2. The van der Waals surface area contributed by atoms with Crippen molar-refractivity contribution in [2.75, 3.05) is 6.61 Å². The van der Waals surface area contributed by atoms with Gasteiger partial charge in [-0.3, -0.25) is 0 Å². The topological polar surface area (TPSA) is 101 Å². The number of aliphatic hydroxyl groups excluding tert-OH is 5. The Labute approximate surface area is 212 Å². The Balaban J connectivity index is 1.66. The maximum atomic E-state index is 12.0. The van der Waals surface area contributed by atoms with E-state index in [1.807, 2.05) is 0 Å². The van der Waals surface area contributed by atoms with Gasteiger partial charge in [-0.1, -0.05) is 60.1 Å². The predicted octanol–water partition coefficient (Wildman–Crippen LogP) is 4.05. The summed E-state index contributed by atoms with van der Waals surface area (Å²) < 4.78 is 0. The second-order valence-corrected chi connectivity index (χ2v) is 15.3. The number of hydrogen-bond acceptors (Lipinski definition) is 5. The zero-order chi connectivity index (χ0) is 26.0. The Morgan fingerprint density at radius 2 is 1.46 bits per heavy atom. The van der Waals surface area contributed by atoms with Crippen LogP contribution >= 0.6 is 0 Å². The van der Waals surface area contributed by atoms with Gasteiger partial charge in [0.25, 0.3) is 0 Å². The zero-order valence-corrected chi connectivity index (χ0v) is 23.0. The molecular weight excluding hydrogens is 440 g/mol. The number of rotatable bonds is 1. The second kappa shape index (κ2) is 7.56. The van der Waals surface area contributed by atoms with E-state index in [0.717, 1.165) is 44.1 Å². The van der Waals surface area contributed by atoms with Crippen molar-refractivity contribution in [1.82, 2.24) is 0 Å². The highest BCUT2D eigenvalue weighted by Gasteiger charge is 2.73. The lowest BCUT2D eigenvalue weighted by Gasteiger charge is -2.73. The number of aliphatic hydroxyl groups is 5. The van der Waals surface area contributed by atoms with Gasteiger partial charge in [0.05, 0.1) is 36.4 Å². The second-order valence-electron chi connectivity index (χ2n) is 15.3. The largest absolute Gasteiger partial charge is 0.396 e. The molecule has 0 aromatic carbocycles. The van der Waals surface area contributed by atoms with Crippen molar-refractivity contribution in [2.24, 2.45) is 50.2 Å². The lowest BCUT2D eigenvalue weighted by atomic mass is 9.32. The first-order valence-corrected chi connectivity index (χ1v) is 14.1. The first-order valence-electron chi connectivity index (χ1n) is 14.1. The van der Waals surface area contributed by atoms with Gasteiger partial charge in [0, 0.05) is 5.41 Å². The van der Waals surface area contributed by atoms with E-state index < -0.39 is 29.1 Å². The standard InChI is InChI=1S/C30H50O5/c1-25(2)14-18-17-8-9-20-27(5)12-11-21(32)26(3,4)19(27)10-13-28(20,6)29(17,7)23(34)24(35)30(18,16-31)22(33)15-25/h8,18-24,31-35H,9-16H2,1-7H3/t18-,19?,20?,21-,22?,23?,24?,27-,28+,29?,30+/m0/s1. The number of fused-ring (bicyclic) bond motifs is 7. The van der Waals surface area contributed by atoms with E-state index in [4.69, 9.17) is 0 Å². The Morgan fingerprint density at radius 3 is 2.09 bits per heavy atom. The third-order valence-corrected chi connectivity index (χ3v) is 13.2. The molecule has 0 radical (unpaired) electrons.